The number of carbonyl (C=O) groups excluding carboxylic acids is 2. The first-order valence-electron chi connectivity index (χ1n) is 10.4. The van der Waals surface area contributed by atoms with Gasteiger partial charge in [0, 0.05) is 62.6 Å². The van der Waals surface area contributed by atoms with Crippen LogP contribution in [0.15, 0.2) is 35.3 Å². The van der Waals surface area contributed by atoms with Crippen molar-refractivity contribution in [2.24, 2.45) is 13.0 Å². The SMILES string of the molecule is COC[C@H]1CC1N(C(=O)c1cc(=O)c(C(=O)NCc2ccc(F)cc2F)cn1C)C(C)C. The number of halogens is 2. The van der Waals surface area contributed by atoms with Crippen molar-refractivity contribution in [3.8, 4) is 0 Å². The highest BCUT2D eigenvalue weighted by Gasteiger charge is 2.45. The maximum Gasteiger partial charge on any atom is 0.271 e. The lowest BCUT2D eigenvalue weighted by molar-refractivity contribution is 0.0651. The van der Waals surface area contributed by atoms with E-state index in [1.165, 1.54) is 16.8 Å². The molecule has 2 amide bonds. The number of nitrogens with one attached hydrogen (secondary N) is 1. The number of rotatable bonds is 8. The number of benzene rings is 1. The number of hydrogen-bond acceptors (Lipinski definition) is 4. The number of hydrogen-bond donors (Lipinski definition) is 1. The number of pyridine rings is 1. The quantitative estimate of drug-likeness (QED) is 0.674. The average Bonchev–Trinajstić information content (AvgIpc) is 3.47. The van der Waals surface area contributed by atoms with Gasteiger partial charge in [-0.3, -0.25) is 14.4 Å². The molecular formula is C23H27F2N3O4. The summed E-state index contributed by atoms with van der Waals surface area (Å²) in [5, 5.41) is 2.46. The van der Waals surface area contributed by atoms with Gasteiger partial charge in [-0.1, -0.05) is 6.07 Å². The van der Waals surface area contributed by atoms with Crippen LogP contribution < -0.4 is 10.7 Å². The van der Waals surface area contributed by atoms with E-state index in [0.717, 1.165) is 24.6 Å². The van der Waals surface area contributed by atoms with E-state index < -0.39 is 23.0 Å². The lowest BCUT2D eigenvalue weighted by atomic mass is 10.1. The van der Waals surface area contributed by atoms with Crippen LogP contribution in [0.25, 0.3) is 0 Å². The van der Waals surface area contributed by atoms with Gasteiger partial charge in [-0.05, 0) is 26.3 Å². The van der Waals surface area contributed by atoms with Gasteiger partial charge in [0.15, 0.2) is 5.43 Å². The molecule has 0 aliphatic heterocycles. The summed E-state index contributed by atoms with van der Waals surface area (Å²) in [6.45, 7) is 4.18. The standard InChI is InChI=1S/C23H27F2N3O4/c1-13(2)28(19-7-15(19)12-32-4)23(31)20-9-21(29)17(11-27(20)3)22(30)26-10-14-5-6-16(24)8-18(14)25/h5-6,8-9,11,13,15,19H,7,10,12H2,1-4H3,(H,26,30)/t15-,19?/m1/s1. The Morgan fingerprint density at radius 1 is 1.28 bits per heavy atom. The van der Waals surface area contributed by atoms with Crippen molar-refractivity contribution >= 4 is 11.8 Å². The van der Waals surface area contributed by atoms with Crippen molar-refractivity contribution in [2.45, 2.75) is 38.9 Å². The molecule has 0 saturated heterocycles. The molecule has 1 unspecified atom stereocenters. The molecule has 1 fully saturated rings. The fraction of sp³-hybridized carbons (Fsp3) is 0.435. The fourth-order valence-corrected chi connectivity index (χ4v) is 3.82. The lowest BCUT2D eigenvalue weighted by Crippen LogP contribution is -2.42. The van der Waals surface area contributed by atoms with Crippen molar-refractivity contribution in [3.05, 3.63) is 69.1 Å². The summed E-state index contributed by atoms with van der Waals surface area (Å²) in [7, 11) is 3.20. The van der Waals surface area contributed by atoms with Crippen LogP contribution in [0.1, 0.15) is 46.7 Å². The Balaban J connectivity index is 1.77. The second-order valence-corrected chi connectivity index (χ2v) is 8.29. The minimum Gasteiger partial charge on any atom is -0.384 e. The molecule has 0 bridgehead atoms. The first-order valence-corrected chi connectivity index (χ1v) is 10.4. The van der Waals surface area contributed by atoms with E-state index in [1.54, 1.807) is 19.1 Å². The summed E-state index contributed by atoms with van der Waals surface area (Å²) < 4.78 is 33.4. The Bertz CT molecular complexity index is 1080. The molecule has 7 nitrogen and oxygen atoms in total. The molecule has 1 aromatic carbocycles. The summed E-state index contributed by atoms with van der Waals surface area (Å²) in [4.78, 5) is 40.1. The van der Waals surface area contributed by atoms with Crippen LogP contribution in [0.2, 0.25) is 0 Å². The fourth-order valence-electron chi connectivity index (χ4n) is 3.82. The van der Waals surface area contributed by atoms with Gasteiger partial charge in [0.1, 0.15) is 22.9 Å². The lowest BCUT2D eigenvalue weighted by Gasteiger charge is -2.28. The number of methoxy groups -OCH3 is 1. The summed E-state index contributed by atoms with van der Waals surface area (Å²) in [6.07, 6.45) is 2.14. The van der Waals surface area contributed by atoms with Gasteiger partial charge in [0.25, 0.3) is 11.8 Å². The topological polar surface area (TPSA) is 80.6 Å². The molecule has 2 atom stereocenters. The number of carbonyl (C=O) groups is 2. The predicted molar refractivity (Wildman–Crippen MR) is 114 cm³/mol. The second-order valence-electron chi connectivity index (χ2n) is 8.29. The summed E-state index contributed by atoms with van der Waals surface area (Å²) in [5.41, 5.74) is -0.526. The Hall–Kier alpha value is -3.07. The Morgan fingerprint density at radius 2 is 2.00 bits per heavy atom. The molecular weight excluding hydrogens is 420 g/mol. The van der Waals surface area contributed by atoms with Crippen molar-refractivity contribution in [1.29, 1.82) is 0 Å². The summed E-state index contributed by atoms with van der Waals surface area (Å²) >= 11 is 0. The van der Waals surface area contributed by atoms with Gasteiger partial charge < -0.3 is 19.5 Å². The number of aromatic nitrogens is 1. The highest BCUT2D eigenvalue weighted by atomic mass is 19.1. The zero-order valence-corrected chi connectivity index (χ0v) is 18.5. The normalized spacial score (nSPS) is 17.3. The van der Waals surface area contributed by atoms with Crippen LogP contribution in [0, 0.1) is 17.6 Å². The Kier molecular flexibility index (Phi) is 7.08. The molecule has 1 aromatic heterocycles. The molecule has 1 heterocycles. The maximum absolute atomic E-state index is 13.8. The highest BCUT2D eigenvalue weighted by Crippen LogP contribution is 2.37. The van der Waals surface area contributed by atoms with Crippen LogP contribution in [0.4, 0.5) is 8.78 Å². The van der Waals surface area contributed by atoms with Gasteiger partial charge in [0.2, 0.25) is 0 Å². The van der Waals surface area contributed by atoms with Gasteiger partial charge in [-0.25, -0.2) is 8.78 Å². The third-order valence-corrected chi connectivity index (χ3v) is 5.57. The van der Waals surface area contributed by atoms with Gasteiger partial charge in [-0.2, -0.15) is 0 Å². The van der Waals surface area contributed by atoms with Gasteiger partial charge >= 0.3 is 0 Å². The predicted octanol–water partition coefficient (Wildman–Crippen LogP) is 2.48. The minimum absolute atomic E-state index is 0.0473. The van der Waals surface area contributed by atoms with E-state index in [4.69, 9.17) is 4.74 Å². The minimum atomic E-state index is -0.792. The molecule has 1 N–H and O–H groups in total. The van der Waals surface area contributed by atoms with E-state index >= 15 is 0 Å². The smallest absolute Gasteiger partial charge is 0.271 e. The molecule has 1 saturated carbocycles. The third kappa shape index (κ3) is 5.04. The van der Waals surface area contributed by atoms with Crippen LogP contribution in [0.5, 0.6) is 0 Å². The maximum atomic E-state index is 13.8. The number of ether oxygens (including phenoxy) is 1. The van der Waals surface area contributed by atoms with Crippen LogP contribution >= 0.6 is 0 Å². The number of amides is 2. The highest BCUT2D eigenvalue weighted by molar-refractivity contribution is 5.96. The zero-order valence-electron chi connectivity index (χ0n) is 18.5. The molecule has 172 valence electrons. The van der Waals surface area contributed by atoms with Gasteiger partial charge in [-0.15, -0.1) is 0 Å². The first kappa shape index (κ1) is 23.6. The molecule has 2 aromatic rings. The van der Waals surface area contributed by atoms with Crippen LogP contribution in [-0.4, -0.2) is 47.1 Å². The van der Waals surface area contributed by atoms with Crippen LogP contribution in [0.3, 0.4) is 0 Å². The molecule has 1 aliphatic rings. The molecule has 0 spiro atoms. The van der Waals surface area contributed by atoms with Crippen LogP contribution in [-0.2, 0) is 18.3 Å². The van der Waals surface area contributed by atoms with Gasteiger partial charge in [0.05, 0.1) is 6.61 Å². The average molecular weight is 447 g/mol. The van der Waals surface area contributed by atoms with E-state index in [9.17, 15) is 23.2 Å². The van der Waals surface area contributed by atoms with E-state index in [2.05, 4.69) is 5.32 Å². The largest absolute Gasteiger partial charge is 0.384 e. The molecule has 3 rings (SSSR count). The van der Waals surface area contributed by atoms with Crippen molar-refractivity contribution in [1.82, 2.24) is 14.8 Å². The van der Waals surface area contributed by atoms with E-state index in [-0.39, 0.29) is 47.3 Å². The zero-order chi connectivity index (χ0) is 23.6. The van der Waals surface area contributed by atoms with E-state index in [0.29, 0.717) is 6.61 Å². The molecule has 1 aliphatic carbocycles. The van der Waals surface area contributed by atoms with Crippen molar-refractivity contribution in [3.63, 3.8) is 0 Å². The second kappa shape index (κ2) is 9.60. The Morgan fingerprint density at radius 3 is 2.62 bits per heavy atom. The first-order chi connectivity index (χ1) is 15.1. The van der Waals surface area contributed by atoms with E-state index in [1.807, 2.05) is 13.8 Å². The monoisotopic (exact) mass is 447 g/mol. The molecule has 0 radical (unpaired) electrons. The number of aryl methyl sites for hydroxylation is 1. The third-order valence-electron chi connectivity index (χ3n) is 5.57. The van der Waals surface area contributed by atoms with Crippen molar-refractivity contribution in [2.75, 3.05) is 13.7 Å². The summed E-state index contributed by atoms with van der Waals surface area (Å²) in [5.74, 6) is -2.25. The molecule has 9 heteroatoms. The molecule has 32 heavy (non-hydrogen) atoms. The summed E-state index contributed by atoms with van der Waals surface area (Å²) in [6, 6.07) is 4.16. The van der Waals surface area contributed by atoms with Crippen molar-refractivity contribution < 1.29 is 23.1 Å². The Labute approximate surface area is 185 Å². The number of nitrogens with zero attached hydrogens (tertiary/aromatic N) is 2.